The molecule has 0 bridgehead atoms. The molecule has 5 aromatic rings. The van der Waals surface area contributed by atoms with E-state index in [0.717, 1.165) is 34.2 Å². The molecule has 3 heterocycles. The normalized spacial score (nSPS) is 12.3. The minimum atomic E-state index is 0.855. The summed E-state index contributed by atoms with van der Waals surface area (Å²) in [5.41, 5.74) is 10.2. The van der Waals surface area contributed by atoms with Crippen molar-refractivity contribution in [2.24, 2.45) is 9.98 Å². The zero-order chi connectivity index (χ0) is 26.8. The zero-order valence-corrected chi connectivity index (χ0v) is 24.3. The second-order valence-corrected chi connectivity index (χ2v) is 12.1. The highest BCUT2D eigenvalue weighted by molar-refractivity contribution is 7.15. The van der Waals surface area contributed by atoms with E-state index >= 15 is 0 Å². The van der Waals surface area contributed by atoms with Gasteiger partial charge in [0.1, 0.15) is 0 Å². The van der Waals surface area contributed by atoms with E-state index in [4.69, 9.17) is 15.0 Å². The molecule has 0 N–H and O–H groups in total. The highest BCUT2D eigenvalue weighted by Gasteiger charge is 2.11. The highest BCUT2D eigenvalue weighted by Crippen LogP contribution is 2.36. The minimum Gasteiger partial charge on any atom is -0.251 e. The molecule has 0 atom stereocenters. The Balaban J connectivity index is 1.45. The summed E-state index contributed by atoms with van der Waals surface area (Å²) in [6, 6.07) is 27.4. The van der Waals surface area contributed by atoms with Gasteiger partial charge in [0.2, 0.25) is 0 Å². The molecule has 5 rings (SSSR count). The number of aryl methyl sites for hydroxylation is 2. The van der Waals surface area contributed by atoms with Crippen molar-refractivity contribution in [1.82, 2.24) is 4.98 Å². The van der Waals surface area contributed by atoms with Crippen LogP contribution < -0.4 is 0 Å². The van der Waals surface area contributed by atoms with Gasteiger partial charge in [-0.15, -0.1) is 22.7 Å². The fourth-order valence-electron chi connectivity index (χ4n) is 4.50. The molecule has 5 heteroatoms. The lowest BCUT2D eigenvalue weighted by molar-refractivity contribution is 1.23. The van der Waals surface area contributed by atoms with Crippen molar-refractivity contribution in [3.8, 4) is 20.9 Å². The van der Waals surface area contributed by atoms with Gasteiger partial charge in [-0.25, -0.2) is 4.98 Å². The summed E-state index contributed by atoms with van der Waals surface area (Å²) < 4.78 is 0. The summed E-state index contributed by atoms with van der Waals surface area (Å²) in [4.78, 5) is 20.1. The number of thiophene rings is 2. The fourth-order valence-corrected chi connectivity index (χ4v) is 6.40. The van der Waals surface area contributed by atoms with Crippen LogP contribution in [0.4, 0.5) is 11.4 Å². The zero-order valence-electron chi connectivity index (χ0n) is 22.7. The summed E-state index contributed by atoms with van der Waals surface area (Å²) >= 11 is 3.63. The van der Waals surface area contributed by atoms with E-state index in [1.54, 1.807) is 0 Å². The molecule has 0 aliphatic rings. The van der Waals surface area contributed by atoms with Crippen LogP contribution in [0.1, 0.15) is 46.1 Å². The van der Waals surface area contributed by atoms with Crippen molar-refractivity contribution in [1.29, 1.82) is 0 Å². The van der Waals surface area contributed by atoms with Crippen LogP contribution in [-0.4, -0.2) is 16.4 Å². The van der Waals surface area contributed by atoms with E-state index in [2.05, 4.69) is 88.4 Å². The number of rotatable bonds is 6. The van der Waals surface area contributed by atoms with E-state index in [0.29, 0.717) is 0 Å². The molecule has 0 unspecified atom stereocenters. The van der Waals surface area contributed by atoms with Crippen LogP contribution in [-0.2, 0) is 0 Å². The van der Waals surface area contributed by atoms with Crippen LogP contribution in [0.25, 0.3) is 20.9 Å². The molecule has 0 spiro atoms. The van der Waals surface area contributed by atoms with Gasteiger partial charge in [0.05, 0.1) is 34.2 Å². The predicted molar refractivity (Wildman–Crippen MR) is 166 cm³/mol. The molecular weight excluding hydrogens is 503 g/mol. The third kappa shape index (κ3) is 5.45. The Bertz CT molecular complexity index is 1560. The summed E-state index contributed by atoms with van der Waals surface area (Å²) in [5, 5.41) is 0. The first-order valence-electron chi connectivity index (χ1n) is 12.7. The molecule has 0 fully saturated rings. The summed E-state index contributed by atoms with van der Waals surface area (Å²) in [6.07, 6.45) is 0. The Kier molecular flexibility index (Phi) is 7.50. The van der Waals surface area contributed by atoms with Crippen LogP contribution in [0.15, 0.2) is 88.8 Å². The first kappa shape index (κ1) is 26.0. The van der Waals surface area contributed by atoms with Gasteiger partial charge < -0.3 is 0 Å². The highest BCUT2D eigenvalue weighted by atomic mass is 32.1. The van der Waals surface area contributed by atoms with Gasteiger partial charge >= 0.3 is 0 Å². The number of pyridine rings is 1. The van der Waals surface area contributed by atoms with E-state index in [-0.39, 0.29) is 0 Å². The van der Waals surface area contributed by atoms with Crippen LogP contribution in [0.2, 0.25) is 0 Å². The minimum absolute atomic E-state index is 0.855. The van der Waals surface area contributed by atoms with Crippen molar-refractivity contribution in [2.75, 3.05) is 0 Å². The van der Waals surface area contributed by atoms with Crippen molar-refractivity contribution >= 4 is 45.5 Å². The van der Waals surface area contributed by atoms with Gasteiger partial charge in [0.25, 0.3) is 0 Å². The van der Waals surface area contributed by atoms with Crippen molar-refractivity contribution in [3.63, 3.8) is 0 Å². The Morgan fingerprint density at radius 1 is 0.553 bits per heavy atom. The molecule has 0 aliphatic heterocycles. The number of hydrogen-bond acceptors (Lipinski definition) is 5. The number of aliphatic imine (C=N–C) groups is 2. The van der Waals surface area contributed by atoms with Crippen molar-refractivity contribution < 1.29 is 0 Å². The molecule has 0 saturated heterocycles. The summed E-state index contributed by atoms with van der Waals surface area (Å²) in [7, 11) is 0. The van der Waals surface area contributed by atoms with Gasteiger partial charge in [-0.3, -0.25) is 9.98 Å². The standard InChI is InChI=1S/C33H31N3S2/c1-20-16-18-32(37-20)26-10-7-12-28(22(26)3)34-24(5)30-14-9-15-31(36-30)25(6)35-29-13-8-11-27(23(29)4)33-19-17-21(2)38-33/h7-19H,1-6H3/b34-24+,35-25+. The molecule has 3 nitrogen and oxygen atoms in total. The van der Waals surface area contributed by atoms with E-state index < -0.39 is 0 Å². The Hall–Kier alpha value is -3.67. The molecule has 0 saturated carbocycles. The molecule has 3 aromatic heterocycles. The van der Waals surface area contributed by atoms with Crippen LogP contribution in [0.3, 0.4) is 0 Å². The Labute approximate surface area is 233 Å². The molecule has 0 aliphatic carbocycles. The lowest BCUT2D eigenvalue weighted by Crippen LogP contribution is -2.05. The second-order valence-electron chi connectivity index (χ2n) is 9.52. The maximum atomic E-state index is 4.99. The monoisotopic (exact) mass is 533 g/mol. The van der Waals surface area contributed by atoms with Crippen molar-refractivity contribution in [2.45, 2.75) is 41.5 Å². The Morgan fingerprint density at radius 3 is 1.37 bits per heavy atom. The van der Waals surface area contributed by atoms with Gasteiger partial charge in [0, 0.05) is 19.5 Å². The average molecular weight is 534 g/mol. The quantitative estimate of drug-likeness (QED) is 0.200. The molecule has 2 aromatic carbocycles. The van der Waals surface area contributed by atoms with E-state index in [1.165, 1.54) is 41.8 Å². The van der Waals surface area contributed by atoms with Crippen LogP contribution in [0, 0.1) is 27.7 Å². The van der Waals surface area contributed by atoms with E-state index in [9.17, 15) is 0 Å². The first-order valence-corrected chi connectivity index (χ1v) is 14.3. The van der Waals surface area contributed by atoms with Crippen LogP contribution >= 0.6 is 22.7 Å². The molecule has 0 amide bonds. The Morgan fingerprint density at radius 2 is 0.974 bits per heavy atom. The molecule has 38 heavy (non-hydrogen) atoms. The number of aromatic nitrogens is 1. The second kappa shape index (κ2) is 11.0. The third-order valence-electron chi connectivity index (χ3n) is 6.69. The average Bonchev–Trinajstić information content (AvgIpc) is 3.54. The van der Waals surface area contributed by atoms with E-state index in [1.807, 2.05) is 54.7 Å². The van der Waals surface area contributed by atoms with Gasteiger partial charge in [-0.1, -0.05) is 30.3 Å². The third-order valence-corrected chi connectivity index (χ3v) is 8.76. The maximum absolute atomic E-state index is 4.99. The molecule has 190 valence electrons. The molecular formula is C33H31N3S2. The topological polar surface area (TPSA) is 37.6 Å². The van der Waals surface area contributed by atoms with Gasteiger partial charge in [0.15, 0.2) is 0 Å². The predicted octanol–water partition coefficient (Wildman–Crippen LogP) is 10.1. The smallest absolute Gasteiger partial charge is 0.0849 e. The lowest BCUT2D eigenvalue weighted by atomic mass is 10.1. The SMILES string of the molecule is C/C(=N\c1cccc(-c2ccc(C)s2)c1C)c1cccc(/C(C)=N/c2cccc(-c3ccc(C)s3)c2C)n1. The number of benzene rings is 2. The van der Waals surface area contributed by atoms with Crippen molar-refractivity contribution in [3.05, 3.63) is 111 Å². The summed E-state index contributed by atoms with van der Waals surface area (Å²) in [6.45, 7) is 12.6. The number of nitrogens with zero attached hydrogens (tertiary/aromatic N) is 3. The first-order chi connectivity index (χ1) is 18.3. The fraction of sp³-hybridized carbons (Fsp3) is 0.182. The molecule has 0 radical (unpaired) electrons. The largest absolute Gasteiger partial charge is 0.251 e. The van der Waals surface area contributed by atoms with Gasteiger partial charge in [-0.05, 0) is 112 Å². The summed E-state index contributed by atoms with van der Waals surface area (Å²) in [5.74, 6) is 0. The van der Waals surface area contributed by atoms with Gasteiger partial charge in [-0.2, -0.15) is 0 Å². The van der Waals surface area contributed by atoms with Crippen LogP contribution in [0.5, 0.6) is 0 Å². The maximum Gasteiger partial charge on any atom is 0.0849 e. The number of hydrogen-bond donors (Lipinski definition) is 0. The lowest BCUT2D eigenvalue weighted by Gasteiger charge is -2.10.